The predicted octanol–water partition coefficient (Wildman–Crippen LogP) is 3.78. The normalized spacial score (nSPS) is 17.9. The van der Waals surface area contributed by atoms with Gasteiger partial charge in [0.1, 0.15) is 5.76 Å². The van der Waals surface area contributed by atoms with Crippen molar-refractivity contribution >= 4 is 22.6 Å². The third kappa shape index (κ3) is 2.14. The number of hydrazine groups is 1. The van der Waals surface area contributed by atoms with E-state index in [4.69, 9.17) is 21.9 Å². The van der Waals surface area contributed by atoms with Gasteiger partial charge in [-0.2, -0.15) is 0 Å². The monoisotopic (exact) mass is 264 g/mol. The van der Waals surface area contributed by atoms with Gasteiger partial charge in [0.2, 0.25) is 0 Å². The molecule has 4 heteroatoms. The highest BCUT2D eigenvalue weighted by Gasteiger charge is 2.24. The summed E-state index contributed by atoms with van der Waals surface area (Å²) in [4.78, 5) is 0. The maximum atomic E-state index is 6.12. The lowest BCUT2D eigenvalue weighted by molar-refractivity contribution is 0.249. The van der Waals surface area contributed by atoms with E-state index in [9.17, 15) is 0 Å². The lowest BCUT2D eigenvalue weighted by Crippen LogP contribution is -2.30. The van der Waals surface area contributed by atoms with Crippen molar-refractivity contribution in [2.45, 2.75) is 31.7 Å². The number of fused-ring (bicyclic) bond motifs is 1. The molecule has 0 amide bonds. The van der Waals surface area contributed by atoms with E-state index in [0.717, 1.165) is 29.1 Å². The molecule has 1 fully saturated rings. The van der Waals surface area contributed by atoms with Crippen LogP contribution in [0.15, 0.2) is 28.7 Å². The SMILES string of the molecule is NNC(CC1CCC1)c1cc2cccc(Cl)c2o1. The fraction of sp³-hybridized carbons (Fsp3) is 0.429. The third-order valence-corrected chi connectivity index (χ3v) is 4.15. The van der Waals surface area contributed by atoms with Gasteiger partial charge in [0.15, 0.2) is 5.58 Å². The van der Waals surface area contributed by atoms with Crippen LogP contribution in [0.3, 0.4) is 0 Å². The summed E-state index contributed by atoms with van der Waals surface area (Å²) in [5, 5.41) is 1.68. The van der Waals surface area contributed by atoms with Gasteiger partial charge in [-0.1, -0.05) is 43.0 Å². The highest BCUT2D eigenvalue weighted by molar-refractivity contribution is 6.34. The molecule has 3 N–H and O–H groups in total. The van der Waals surface area contributed by atoms with E-state index in [1.165, 1.54) is 19.3 Å². The van der Waals surface area contributed by atoms with Crippen LogP contribution in [0.25, 0.3) is 11.0 Å². The Balaban J connectivity index is 1.89. The number of nitrogens with one attached hydrogen (secondary N) is 1. The molecule has 1 aromatic heterocycles. The van der Waals surface area contributed by atoms with Gasteiger partial charge in [-0.15, -0.1) is 0 Å². The highest BCUT2D eigenvalue weighted by Crippen LogP contribution is 2.36. The van der Waals surface area contributed by atoms with Gasteiger partial charge in [-0.25, -0.2) is 5.43 Å². The lowest BCUT2D eigenvalue weighted by Gasteiger charge is -2.28. The molecule has 1 aromatic carbocycles. The van der Waals surface area contributed by atoms with Gasteiger partial charge < -0.3 is 4.42 Å². The van der Waals surface area contributed by atoms with Crippen LogP contribution in [0.5, 0.6) is 0 Å². The Hall–Kier alpha value is -1.03. The van der Waals surface area contributed by atoms with E-state index >= 15 is 0 Å². The zero-order valence-electron chi connectivity index (χ0n) is 10.2. The average molecular weight is 265 g/mol. The number of rotatable bonds is 4. The summed E-state index contributed by atoms with van der Waals surface area (Å²) in [5.74, 6) is 7.30. The molecule has 2 aromatic rings. The number of halogens is 1. The molecular formula is C14H17ClN2O. The molecule has 1 atom stereocenters. The minimum atomic E-state index is 0.0822. The van der Waals surface area contributed by atoms with Crippen LogP contribution in [-0.4, -0.2) is 0 Å². The number of hydrogen-bond acceptors (Lipinski definition) is 3. The van der Waals surface area contributed by atoms with Crippen molar-refractivity contribution in [3.63, 3.8) is 0 Å². The van der Waals surface area contributed by atoms with Crippen LogP contribution in [0.2, 0.25) is 5.02 Å². The molecule has 3 rings (SSSR count). The summed E-state index contributed by atoms with van der Waals surface area (Å²) in [6.07, 6.45) is 4.99. The molecule has 1 aliphatic carbocycles. The van der Waals surface area contributed by atoms with Gasteiger partial charge >= 0.3 is 0 Å². The Morgan fingerprint density at radius 1 is 1.44 bits per heavy atom. The first-order valence-electron chi connectivity index (χ1n) is 6.42. The molecule has 3 nitrogen and oxygen atoms in total. The molecule has 1 saturated carbocycles. The van der Waals surface area contributed by atoms with Crippen molar-refractivity contribution in [2.75, 3.05) is 0 Å². The van der Waals surface area contributed by atoms with Gasteiger partial charge in [0.25, 0.3) is 0 Å². The summed E-state index contributed by atoms with van der Waals surface area (Å²) in [6, 6.07) is 7.89. The van der Waals surface area contributed by atoms with Crippen molar-refractivity contribution in [1.82, 2.24) is 5.43 Å². The summed E-state index contributed by atoms with van der Waals surface area (Å²) < 4.78 is 5.85. The Morgan fingerprint density at radius 3 is 2.89 bits per heavy atom. The van der Waals surface area contributed by atoms with Gasteiger partial charge in [-0.3, -0.25) is 5.84 Å². The summed E-state index contributed by atoms with van der Waals surface area (Å²) in [7, 11) is 0. The fourth-order valence-corrected chi connectivity index (χ4v) is 2.77. The molecule has 18 heavy (non-hydrogen) atoms. The number of para-hydroxylation sites is 1. The molecular weight excluding hydrogens is 248 g/mol. The van der Waals surface area contributed by atoms with Crippen molar-refractivity contribution < 1.29 is 4.42 Å². The van der Waals surface area contributed by atoms with Gasteiger partial charge in [0.05, 0.1) is 11.1 Å². The second-order valence-electron chi connectivity index (χ2n) is 5.06. The highest BCUT2D eigenvalue weighted by atomic mass is 35.5. The fourth-order valence-electron chi connectivity index (χ4n) is 2.55. The first kappa shape index (κ1) is 12.0. The molecule has 1 heterocycles. The second kappa shape index (κ2) is 4.92. The Kier molecular flexibility index (Phi) is 3.29. The minimum Gasteiger partial charge on any atom is -0.458 e. The van der Waals surface area contributed by atoms with E-state index in [2.05, 4.69) is 5.43 Å². The third-order valence-electron chi connectivity index (χ3n) is 3.85. The summed E-state index contributed by atoms with van der Waals surface area (Å²) >= 11 is 6.12. The van der Waals surface area contributed by atoms with Crippen LogP contribution in [0.1, 0.15) is 37.5 Å². The summed E-state index contributed by atoms with van der Waals surface area (Å²) in [5.41, 5.74) is 3.61. The second-order valence-corrected chi connectivity index (χ2v) is 5.47. The van der Waals surface area contributed by atoms with E-state index < -0.39 is 0 Å². The predicted molar refractivity (Wildman–Crippen MR) is 73.2 cm³/mol. The Bertz CT molecular complexity index is 548. The summed E-state index contributed by atoms with van der Waals surface area (Å²) in [6.45, 7) is 0. The zero-order chi connectivity index (χ0) is 12.5. The molecule has 0 saturated heterocycles. The van der Waals surface area contributed by atoms with E-state index in [0.29, 0.717) is 5.02 Å². The van der Waals surface area contributed by atoms with Crippen molar-refractivity contribution in [3.05, 3.63) is 35.0 Å². The van der Waals surface area contributed by atoms with E-state index in [1.807, 2.05) is 24.3 Å². The quantitative estimate of drug-likeness (QED) is 0.653. The van der Waals surface area contributed by atoms with Crippen LogP contribution >= 0.6 is 11.6 Å². The standard InChI is InChI=1S/C14H17ClN2O/c15-11-6-2-5-10-8-13(18-14(10)11)12(17-16)7-9-3-1-4-9/h2,5-6,8-9,12,17H,1,3-4,7,16H2. The van der Waals surface area contributed by atoms with Crippen LogP contribution in [-0.2, 0) is 0 Å². The first-order chi connectivity index (χ1) is 8.78. The minimum absolute atomic E-state index is 0.0822. The van der Waals surface area contributed by atoms with Crippen LogP contribution in [0.4, 0.5) is 0 Å². The molecule has 96 valence electrons. The van der Waals surface area contributed by atoms with Crippen LogP contribution < -0.4 is 11.3 Å². The number of benzene rings is 1. The lowest BCUT2D eigenvalue weighted by atomic mass is 9.80. The van der Waals surface area contributed by atoms with Gasteiger partial charge in [0, 0.05) is 5.39 Å². The number of hydrogen-bond donors (Lipinski definition) is 2. The average Bonchev–Trinajstić information content (AvgIpc) is 2.73. The number of nitrogens with two attached hydrogens (primary N) is 1. The smallest absolute Gasteiger partial charge is 0.152 e. The largest absolute Gasteiger partial charge is 0.458 e. The Morgan fingerprint density at radius 2 is 2.28 bits per heavy atom. The first-order valence-corrected chi connectivity index (χ1v) is 6.80. The van der Waals surface area contributed by atoms with Crippen molar-refractivity contribution in [1.29, 1.82) is 0 Å². The molecule has 1 unspecified atom stereocenters. The Labute approximate surface area is 111 Å². The van der Waals surface area contributed by atoms with Crippen LogP contribution in [0, 0.1) is 5.92 Å². The van der Waals surface area contributed by atoms with Crippen molar-refractivity contribution in [3.8, 4) is 0 Å². The zero-order valence-corrected chi connectivity index (χ0v) is 10.9. The van der Waals surface area contributed by atoms with E-state index in [1.54, 1.807) is 0 Å². The van der Waals surface area contributed by atoms with Gasteiger partial charge in [-0.05, 0) is 24.5 Å². The molecule has 0 radical (unpaired) electrons. The number of furan rings is 1. The molecule has 0 bridgehead atoms. The van der Waals surface area contributed by atoms with Crippen molar-refractivity contribution in [2.24, 2.45) is 11.8 Å². The molecule has 1 aliphatic rings. The topological polar surface area (TPSA) is 51.2 Å². The maximum Gasteiger partial charge on any atom is 0.152 e. The maximum absolute atomic E-state index is 6.12. The van der Waals surface area contributed by atoms with E-state index in [-0.39, 0.29) is 6.04 Å². The molecule has 0 aliphatic heterocycles. The molecule has 0 spiro atoms.